The van der Waals surface area contributed by atoms with E-state index in [1.807, 2.05) is 13.8 Å². The Morgan fingerprint density at radius 3 is 2.92 bits per heavy atom. The van der Waals surface area contributed by atoms with Crippen LogP contribution in [0.1, 0.15) is 19.7 Å². The molecule has 0 radical (unpaired) electrons. The molecule has 1 fully saturated rings. The van der Waals surface area contributed by atoms with Crippen LogP contribution in [0.4, 0.5) is 4.39 Å². The Kier molecular flexibility index (Phi) is 4.93. The maximum atomic E-state index is 13.8. The van der Waals surface area contributed by atoms with Gasteiger partial charge in [0.05, 0.1) is 30.4 Å². The highest BCUT2D eigenvalue weighted by Crippen LogP contribution is 2.24. The van der Waals surface area contributed by atoms with Crippen molar-refractivity contribution >= 4 is 0 Å². The molecule has 2 aromatic rings. The zero-order valence-electron chi connectivity index (χ0n) is 14.2. The van der Waals surface area contributed by atoms with E-state index >= 15 is 0 Å². The topological polar surface area (TPSA) is 60.6 Å². The van der Waals surface area contributed by atoms with Gasteiger partial charge in [-0.25, -0.2) is 4.39 Å². The van der Waals surface area contributed by atoms with E-state index in [1.165, 1.54) is 6.07 Å². The van der Waals surface area contributed by atoms with Crippen LogP contribution in [0, 0.1) is 5.82 Å². The second-order valence-electron chi connectivity index (χ2n) is 6.62. The highest BCUT2D eigenvalue weighted by molar-refractivity contribution is 5.54. The third kappa shape index (κ3) is 3.98. The summed E-state index contributed by atoms with van der Waals surface area (Å²) in [5.41, 5.74) is 0.0580. The van der Waals surface area contributed by atoms with Crippen LogP contribution in [0.2, 0.25) is 0 Å². The van der Waals surface area contributed by atoms with Crippen molar-refractivity contribution in [1.29, 1.82) is 0 Å². The molecule has 1 atom stereocenters. The van der Waals surface area contributed by atoms with Crippen LogP contribution >= 0.6 is 0 Å². The summed E-state index contributed by atoms with van der Waals surface area (Å²) in [4.78, 5) is 6.51. The fourth-order valence-electron chi connectivity index (χ4n) is 3.07. The van der Waals surface area contributed by atoms with E-state index < -0.39 is 0 Å². The van der Waals surface area contributed by atoms with Gasteiger partial charge in [0, 0.05) is 20.2 Å². The minimum Gasteiger partial charge on any atom is -0.382 e. The Morgan fingerprint density at radius 2 is 2.17 bits per heavy atom. The summed E-state index contributed by atoms with van der Waals surface area (Å²) in [7, 11) is 1.66. The van der Waals surface area contributed by atoms with Gasteiger partial charge < -0.3 is 14.0 Å². The van der Waals surface area contributed by atoms with Gasteiger partial charge in [-0.1, -0.05) is 17.3 Å². The van der Waals surface area contributed by atoms with Crippen molar-refractivity contribution in [2.45, 2.75) is 32.1 Å². The number of ether oxygens (including phenoxy) is 2. The Balaban J connectivity index is 1.71. The van der Waals surface area contributed by atoms with Gasteiger partial charge in [0.15, 0.2) is 0 Å². The Bertz CT molecular complexity index is 689. The number of nitrogens with zero attached hydrogens (tertiary/aromatic N) is 3. The Labute approximate surface area is 140 Å². The SMILES string of the molecule is COC[C@H]1CN(Cc2nc(-c3ccccc3F)no2)CC(C)(C)O1. The van der Waals surface area contributed by atoms with Gasteiger partial charge in [-0.3, -0.25) is 4.90 Å². The molecule has 1 aliphatic heterocycles. The van der Waals surface area contributed by atoms with Crippen molar-refractivity contribution in [3.8, 4) is 11.4 Å². The molecular weight excluding hydrogens is 313 g/mol. The van der Waals surface area contributed by atoms with E-state index in [1.54, 1.807) is 25.3 Å². The molecule has 0 unspecified atom stereocenters. The van der Waals surface area contributed by atoms with E-state index in [4.69, 9.17) is 14.0 Å². The van der Waals surface area contributed by atoms with Gasteiger partial charge in [0.1, 0.15) is 5.82 Å². The lowest BCUT2D eigenvalue weighted by Crippen LogP contribution is -2.53. The number of halogens is 1. The molecule has 6 nitrogen and oxygen atoms in total. The van der Waals surface area contributed by atoms with Crippen LogP contribution in [-0.4, -0.2) is 53.6 Å². The first-order valence-electron chi connectivity index (χ1n) is 7.93. The lowest BCUT2D eigenvalue weighted by atomic mass is 10.1. The van der Waals surface area contributed by atoms with Crippen molar-refractivity contribution in [1.82, 2.24) is 15.0 Å². The van der Waals surface area contributed by atoms with Crippen molar-refractivity contribution in [2.24, 2.45) is 0 Å². The molecule has 0 N–H and O–H groups in total. The molecular formula is C17H22FN3O3. The van der Waals surface area contributed by atoms with Crippen LogP contribution < -0.4 is 0 Å². The molecule has 0 spiro atoms. The van der Waals surface area contributed by atoms with Gasteiger partial charge in [0.25, 0.3) is 0 Å². The third-order valence-electron chi connectivity index (χ3n) is 3.85. The van der Waals surface area contributed by atoms with E-state index in [0.29, 0.717) is 31.2 Å². The summed E-state index contributed by atoms with van der Waals surface area (Å²) in [5, 5.41) is 3.90. The summed E-state index contributed by atoms with van der Waals surface area (Å²) in [6.07, 6.45) is -0.00675. The summed E-state index contributed by atoms with van der Waals surface area (Å²) in [5.74, 6) is 0.365. The Hall–Kier alpha value is -1.83. The lowest BCUT2D eigenvalue weighted by Gasteiger charge is -2.42. The number of hydrogen-bond donors (Lipinski definition) is 0. The number of benzene rings is 1. The number of methoxy groups -OCH3 is 1. The zero-order chi connectivity index (χ0) is 17.2. The standard InChI is InChI=1S/C17H22FN3O3/c1-17(2)11-21(8-12(23-17)10-22-3)9-15-19-16(20-24-15)13-6-4-5-7-14(13)18/h4-7,12H,8-11H2,1-3H3/t12-/m1/s1. The van der Waals surface area contributed by atoms with Crippen LogP contribution in [0.25, 0.3) is 11.4 Å². The van der Waals surface area contributed by atoms with Gasteiger partial charge in [-0.05, 0) is 26.0 Å². The third-order valence-corrected chi connectivity index (χ3v) is 3.85. The maximum absolute atomic E-state index is 13.8. The van der Waals surface area contributed by atoms with Crippen molar-refractivity contribution in [3.63, 3.8) is 0 Å². The summed E-state index contributed by atoms with van der Waals surface area (Å²) in [6.45, 7) is 6.57. The van der Waals surface area contributed by atoms with Gasteiger partial charge in [-0.2, -0.15) is 4.98 Å². The predicted octanol–water partition coefficient (Wildman–Crippen LogP) is 2.50. The first-order chi connectivity index (χ1) is 11.5. The first kappa shape index (κ1) is 17.0. The minimum atomic E-state index is -0.363. The monoisotopic (exact) mass is 335 g/mol. The van der Waals surface area contributed by atoms with E-state index in [9.17, 15) is 4.39 Å². The molecule has 1 aromatic carbocycles. The normalized spacial score (nSPS) is 21.1. The van der Waals surface area contributed by atoms with Gasteiger partial charge >= 0.3 is 0 Å². The van der Waals surface area contributed by atoms with Gasteiger partial charge in [-0.15, -0.1) is 0 Å². The molecule has 0 bridgehead atoms. The second-order valence-corrected chi connectivity index (χ2v) is 6.62. The molecule has 24 heavy (non-hydrogen) atoms. The molecule has 2 heterocycles. The largest absolute Gasteiger partial charge is 0.382 e. The highest BCUT2D eigenvalue weighted by Gasteiger charge is 2.34. The fraction of sp³-hybridized carbons (Fsp3) is 0.529. The van der Waals surface area contributed by atoms with E-state index in [2.05, 4.69) is 15.0 Å². The number of aromatic nitrogens is 2. The smallest absolute Gasteiger partial charge is 0.241 e. The van der Waals surface area contributed by atoms with Gasteiger partial charge in [0.2, 0.25) is 11.7 Å². The summed E-state index contributed by atoms with van der Waals surface area (Å²) in [6, 6.07) is 6.39. The van der Waals surface area contributed by atoms with Crippen molar-refractivity contribution in [2.75, 3.05) is 26.8 Å². The van der Waals surface area contributed by atoms with Crippen molar-refractivity contribution < 1.29 is 18.4 Å². The zero-order valence-corrected chi connectivity index (χ0v) is 14.2. The maximum Gasteiger partial charge on any atom is 0.241 e. The van der Waals surface area contributed by atoms with E-state index in [0.717, 1.165) is 6.54 Å². The molecule has 0 aliphatic carbocycles. The summed E-state index contributed by atoms with van der Waals surface area (Å²) < 4.78 is 30.3. The quantitative estimate of drug-likeness (QED) is 0.837. The molecule has 0 saturated carbocycles. The van der Waals surface area contributed by atoms with Crippen LogP contribution in [0.15, 0.2) is 28.8 Å². The molecule has 3 rings (SSSR count). The molecule has 1 saturated heterocycles. The van der Waals surface area contributed by atoms with Crippen LogP contribution in [0.5, 0.6) is 0 Å². The fourth-order valence-corrected chi connectivity index (χ4v) is 3.07. The lowest BCUT2D eigenvalue weighted by molar-refractivity contribution is -0.155. The van der Waals surface area contributed by atoms with E-state index in [-0.39, 0.29) is 23.3 Å². The average Bonchev–Trinajstić information content (AvgIpc) is 2.94. The van der Waals surface area contributed by atoms with Crippen molar-refractivity contribution in [3.05, 3.63) is 36.0 Å². The number of hydrogen-bond acceptors (Lipinski definition) is 6. The van der Waals surface area contributed by atoms with Crippen LogP contribution in [-0.2, 0) is 16.0 Å². The Morgan fingerprint density at radius 1 is 1.38 bits per heavy atom. The molecule has 1 aromatic heterocycles. The molecule has 1 aliphatic rings. The second kappa shape index (κ2) is 6.96. The van der Waals surface area contributed by atoms with Crippen LogP contribution in [0.3, 0.4) is 0 Å². The number of morpholine rings is 1. The first-order valence-corrected chi connectivity index (χ1v) is 7.93. The highest BCUT2D eigenvalue weighted by atomic mass is 19.1. The molecule has 130 valence electrons. The minimum absolute atomic E-state index is 0.00675. The molecule has 7 heteroatoms. The predicted molar refractivity (Wildman–Crippen MR) is 85.8 cm³/mol. The summed E-state index contributed by atoms with van der Waals surface area (Å²) >= 11 is 0. The number of rotatable bonds is 5. The average molecular weight is 335 g/mol. The molecule has 0 amide bonds.